The molecular weight excluding hydrogens is 572 g/mol. The van der Waals surface area contributed by atoms with Gasteiger partial charge < -0.3 is 20.1 Å². The molecule has 0 radical (unpaired) electrons. The molecule has 4 aromatic heterocycles. The Morgan fingerprint density at radius 3 is 2.93 bits per heavy atom. The molecule has 1 fully saturated rings. The van der Waals surface area contributed by atoms with E-state index in [2.05, 4.69) is 41.2 Å². The van der Waals surface area contributed by atoms with Gasteiger partial charge in [0.1, 0.15) is 16.8 Å². The molecule has 1 saturated carbocycles. The van der Waals surface area contributed by atoms with Gasteiger partial charge in [-0.15, -0.1) is 5.10 Å². The highest BCUT2D eigenvalue weighted by molar-refractivity contribution is 6.34. The van der Waals surface area contributed by atoms with Crippen LogP contribution in [0.3, 0.4) is 0 Å². The number of benzene rings is 2. The lowest BCUT2D eigenvalue weighted by Gasteiger charge is -2.21. The van der Waals surface area contributed by atoms with Gasteiger partial charge in [-0.25, -0.2) is 14.2 Å². The number of ether oxygens (including phenoxy) is 2. The van der Waals surface area contributed by atoms with E-state index in [1.807, 2.05) is 30.3 Å². The van der Waals surface area contributed by atoms with Crippen LogP contribution in [0.15, 0.2) is 48.8 Å². The van der Waals surface area contributed by atoms with Crippen molar-refractivity contribution in [3.05, 3.63) is 70.8 Å². The zero-order valence-electron chi connectivity index (χ0n) is 26.0. The fourth-order valence-corrected chi connectivity index (χ4v) is 5.72. The molecule has 0 saturated heterocycles. The molecule has 0 bridgehead atoms. The van der Waals surface area contributed by atoms with Crippen molar-refractivity contribution in [3.8, 4) is 5.75 Å². The maximum atomic E-state index is 13.4. The lowest BCUT2D eigenvalue weighted by atomic mass is 10.1. The van der Waals surface area contributed by atoms with Crippen LogP contribution in [0.5, 0.6) is 5.75 Å². The molecule has 4 heterocycles. The van der Waals surface area contributed by atoms with Gasteiger partial charge in [0.2, 0.25) is 0 Å². The summed E-state index contributed by atoms with van der Waals surface area (Å²) in [4.78, 5) is 17.7. The predicted molar refractivity (Wildman–Crippen MR) is 160 cm³/mol. The Bertz CT molecular complexity index is 2060. The second kappa shape index (κ2) is 11.2. The topological polar surface area (TPSA) is 149 Å². The van der Waals surface area contributed by atoms with E-state index in [1.165, 1.54) is 10.7 Å². The molecule has 1 aliphatic rings. The van der Waals surface area contributed by atoms with Crippen LogP contribution < -0.4 is 15.4 Å². The Balaban J connectivity index is 1.09. The number of aromatic nitrogens is 8. The summed E-state index contributed by atoms with van der Waals surface area (Å²) in [6, 6.07) is 11.0. The number of anilines is 1. The molecule has 220 valence electrons. The average molecular weight is 604 g/mol. The van der Waals surface area contributed by atoms with Crippen LogP contribution in [0.4, 0.5) is 5.69 Å². The van der Waals surface area contributed by atoms with E-state index in [0.29, 0.717) is 39.8 Å². The van der Waals surface area contributed by atoms with Gasteiger partial charge in [-0.1, -0.05) is 28.9 Å². The van der Waals surface area contributed by atoms with Gasteiger partial charge in [-0.3, -0.25) is 9.89 Å². The van der Waals surface area contributed by atoms with Crippen molar-refractivity contribution < 1.29 is 18.4 Å². The molecule has 6 aromatic rings. The van der Waals surface area contributed by atoms with Crippen molar-refractivity contribution in [2.75, 3.05) is 12.4 Å². The monoisotopic (exact) mass is 603 g/mol. The number of carbonyl (C=O) groups is 1. The number of halogens is 1. The van der Waals surface area contributed by atoms with Gasteiger partial charge in [0.15, 0.2) is 16.5 Å². The third-order valence-electron chi connectivity index (χ3n) is 7.73. The summed E-state index contributed by atoms with van der Waals surface area (Å²) >= 11 is 6.32. The van der Waals surface area contributed by atoms with Gasteiger partial charge >= 0.3 is 0 Å². The molecular formula is C29H29ClN10O3. The average Bonchev–Trinajstić information content (AvgIpc) is 3.84. The number of nitrogens with zero attached hydrogens (tertiary/aromatic N) is 7. The van der Waals surface area contributed by atoms with Crippen LogP contribution in [0.2, 0.25) is 5.15 Å². The number of aromatic amines is 1. The van der Waals surface area contributed by atoms with Gasteiger partial charge in [0.05, 0.1) is 54.8 Å². The lowest BCUT2D eigenvalue weighted by Crippen LogP contribution is -2.41. The summed E-state index contributed by atoms with van der Waals surface area (Å²) < 4.78 is 37.7. The normalized spacial score (nSPS) is 18.1. The number of methoxy groups -OCH3 is 1. The maximum Gasteiger partial charge on any atom is 0.271 e. The van der Waals surface area contributed by atoms with Gasteiger partial charge in [0, 0.05) is 17.6 Å². The largest absolute Gasteiger partial charge is 0.497 e. The Morgan fingerprint density at radius 2 is 2.09 bits per heavy atom. The highest BCUT2D eigenvalue weighted by atomic mass is 35.5. The first kappa shape index (κ1) is 23.8. The number of amides is 1. The molecule has 3 N–H and O–H groups in total. The first-order valence-corrected chi connectivity index (χ1v) is 14.1. The molecule has 1 amide bonds. The van der Waals surface area contributed by atoms with Crippen molar-refractivity contribution in [3.63, 3.8) is 0 Å². The Morgan fingerprint density at radius 1 is 1.21 bits per heavy atom. The van der Waals surface area contributed by atoms with Crippen LogP contribution in [0.25, 0.3) is 27.6 Å². The molecule has 0 aliphatic heterocycles. The van der Waals surface area contributed by atoms with E-state index in [1.54, 1.807) is 19.4 Å². The first-order valence-electron chi connectivity index (χ1n) is 15.2. The zero-order valence-corrected chi connectivity index (χ0v) is 23.8. The molecule has 2 aromatic carbocycles. The van der Waals surface area contributed by atoms with E-state index in [0.717, 1.165) is 40.8 Å². The third-order valence-corrected chi connectivity index (χ3v) is 8.01. The van der Waals surface area contributed by atoms with Crippen molar-refractivity contribution in [2.24, 2.45) is 6.98 Å². The number of H-pyrrole nitrogens is 1. The van der Waals surface area contributed by atoms with Gasteiger partial charge in [0.25, 0.3) is 5.91 Å². The van der Waals surface area contributed by atoms with Crippen LogP contribution in [-0.2, 0) is 24.9 Å². The molecule has 1 aliphatic carbocycles. The number of carbonyl (C=O) groups excluding carboxylic acids is 1. The second-order valence-corrected chi connectivity index (χ2v) is 10.8. The zero-order chi connectivity index (χ0) is 32.0. The maximum absolute atomic E-state index is 13.4. The van der Waals surface area contributed by atoms with Crippen molar-refractivity contribution in [1.82, 2.24) is 45.1 Å². The summed E-state index contributed by atoms with van der Waals surface area (Å²) in [6.07, 6.45) is 5.09. The van der Waals surface area contributed by atoms with Crippen LogP contribution >= 0.6 is 11.6 Å². The number of hydrogen-bond donors (Lipinski definition) is 3. The molecule has 14 heteroatoms. The van der Waals surface area contributed by atoms with Crippen LogP contribution in [0.1, 0.15) is 45.0 Å². The number of nitrogens with one attached hydrogen (secondary N) is 3. The Labute approximate surface area is 254 Å². The Kier molecular flexibility index (Phi) is 6.17. The number of fused-ring (bicyclic) bond motifs is 4. The Hall–Kier alpha value is -4.75. The molecule has 7 rings (SSSR count). The molecule has 13 nitrogen and oxygen atoms in total. The van der Waals surface area contributed by atoms with Crippen molar-refractivity contribution in [2.45, 2.75) is 44.6 Å². The minimum atomic E-state index is -2.51. The predicted octanol–water partition coefficient (Wildman–Crippen LogP) is 4.03. The summed E-state index contributed by atoms with van der Waals surface area (Å²) in [5, 5.41) is 26.6. The number of imidazole rings is 1. The van der Waals surface area contributed by atoms with E-state index in [9.17, 15) is 4.79 Å². The standard InChI is InChI=1S/C29H29ClN10O3/c1-39-22-11-17(10-21(26(22)36-38-39)31-12-16-6-8-18(42-2)9-7-16)15-43-24-5-3-4-20(24)34-29(41)23-14-32-28-25-19(13-33-35-25)27(30)37-40(23)28/h6-11,13-14,20,24,31H,3-5,12,15H2,1-2H3,(H,33,35)(H,34,41)/t20-,24-/m1/s1/i1D3. The fourth-order valence-electron chi connectivity index (χ4n) is 5.50. The first-order chi connectivity index (χ1) is 22.2. The number of aryl methyl sites for hydroxylation is 1. The van der Waals surface area contributed by atoms with E-state index < -0.39 is 6.98 Å². The van der Waals surface area contributed by atoms with E-state index >= 15 is 0 Å². The minimum absolute atomic E-state index is 0.182. The molecule has 2 atom stereocenters. The lowest BCUT2D eigenvalue weighted by molar-refractivity contribution is 0.0271. The second-order valence-electron chi connectivity index (χ2n) is 10.4. The van der Waals surface area contributed by atoms with Crippen LogP contribution in [0, 0.1) is 0 Å². The van der Waals surface area contributed by atoms with Crippen molar-refractivity contribution in [1.29, 1.82) is 0 Å². The van der Waals surface area contributed by atoms with E-state index in [4.69, 9.17) is 25.2 Å². The quantitative estimate of drug-likeness (QED) is 0.223. The minimum Gasteiger partial charge on any atom is -0.497 e. The van der Waals surface area contributed by atoms with Crippen LogP contribution in [-0.4, -0.2) is 65.0 Å². The smallest absolute Gasteiger partial charge is 0.271 e. The van der Waals surface area contributed by atoms with Gasteiger partial charge in [-0.2, -0.15) is 10.2 Å². The SMILES string of the molecule is [2H]C([2H])([2H])n1nnc2c(NCc3ccc(OC)cc3)cc(CO[C@@H]3CCC[C@H]3NC(=O)c3cnc4c5[nH]ncc5c(Cl)nn34)cc21. The summed E-state index contributed by atoms with van der Waals surface area (Å²) in [7, 11) is 1.61. The number of hydrogen-bond acceptors (Lipinski definition) is 9. The van der Waals surface area contributed by atoms with E-state index in [-0.39, 0.29) is 35.5 Å². The highest BCUT2D eigenvalue weighted by Gasteiger charge is 2.31. The molecule has 43 heavy (non-hydrogen) atoms. The summed E-state index contributed by atoms with van der Waals surface area (Å²) in [5.41, 5.74) is 4.43. The molecule has 0 spiro atoms. The third kappa shape index (κ3) is 5.10. The fraction of sp³-hybridized carbons (Fsp3) is 0.310. The highest BCUT2D eigenvalue weighted by Crippen LogP contribution is 2.28. The molecule has 0 unspecified atom stereocenters. The number of rotatable bonds is 9. The summed E-state index contributed by atoms with van der Waals surface area (Å²) in [6.45, 7) is -1.86. The summed E-state index contributed by atoms with van der Waals surface area (Å²) in [5.74, 6) is 0.400. The van der Waals surface area contributed by atoms with Gasteiger partial charge in [-0.05, 0) is 54.7 Å². The van der Waals surface area contributed by atoms with Crippen molar-refractivity contribution >= 4 is 50.8 Å².